The zero-order chi connectivity index (χ0) is 12.3. The van der Waals surface area contributed by atoms with Crippen molar-refractivity contribution in [1.82, 2.24) is 10.3 Å². The van der Waals surface area contributed by atoms with Gasteiger partial charge in [-0.3, -0.25) is 9.98 Å². The molecule has 0 amide bonds. The van der Waals surface area contributed by atoms with Crippen molar-refractivity contribution >= 4 is 16.9 Å². The first-order valence-corrected chi connectivity index (χ1v) is 6.90. The summed E-state index contributed by atoms with van der Waals surface area (Å²) in [6.07, 6.45) is 0. The van der Waals surface area contributed by atoms with Crippen LogP contribution in [0.3, 0.4) is 0 Å². The van der Waals surface area contributed by atoms with Crippen molar-refractivity contribution in [2.24, 2.45) is 10.9 Å². The Kier molecular flexibility index (Phi) is 4.05. The van der Waals surface area contributed by atoms with Gasteiger partial charge >= 0.3 is 0 Å². The van der Waals surface area contributed by atoms with Crippen LogP contribution < -0.4 is 5.32 Å². The summed E-state index contributed by atoms with van der Waals surface area (Å²) in [4.78, 5) is 8.98. The molecule has 3 nitrogen and oxygen atoms in total. The van der Waals surface area contributed by atoms with E-state index in [1.54, 1.807) is 0 Å². The third-order valence-electron chi connectivity index (χ3n) is 2.79. The maximum atomic E-state index is 4.52. The second kappa shape index (κ2) is 5.54. The van der Waals surface area contributed by atoms with E-state index in [2.05, 4.69) is 29.1 Å². The van der Waals surface area contributed by atoms with E-state index in [4.69, 9.17) is 0 Å². The van der Waals surface area contributed by atoms with Crippen LogP contribution in [0.5, 0.6) is 0 Å². The molecule has 0 radical (unpaired) electrons. The van der Waals surface area contributed by atoms with Gasteiger partial charge in [0.25, 0.3) is 0 Å². The summed E-state index contributed by atoms with van der Waals surface area (Å²) in [5.41, 5.74) is 2.13. The topological polar surface area (TPSA) is 37.3 Å². The molecule has 1 unspecified atom stereocenters. The molecule has 0 fully saturated rings. The smallest absolute Gasteiger partial charge is 0.157 e. The van der Waals surface area contributed by atoms with Crippen LogP contribution in [0.4, 0.5) is 0 Å². The van der Waals surface area contributed by atoms with E-state index >= 15 is 0 Å². The Bertz CT molecular complexity index is 415. The Balaban J connectivity index is 1.84. The third kappa shape index (κ3) is 3.46. The molecule has 1 aromatic rings. The van der Waals surface area contributed by atoms with Crippen LogP contribution in [0.25, 0.3) is 0 Å². The first-order chi connectivity index (χ1) is 8.15. The molecule has 2 rings (SSSR count). The molecule has 1 aliphatic rings. The zero-order valence-electron chi connectivity index (χ0n) is 10.6. The maximum Gasteiger partial charge on any atom is 0.157 e. The van der Waals surface area contributed by atoms with E-state index < -0.39 is 0 Å². The van der Waals surface area contributed by atoms with Crippen molar-refractivity contribution in [1.29, 1.82) is 0 Å². The van der Waals surface area contributed by atoms with Crippen molar-refractivity contribution in [3.63, 3.8) is 0 Å². The first-order valence-electron chi connectivity index (χ1n) is 6.02. The van der Waals surface area contributed by atoms with Crippen LogP contribution >= 0.6 is 11.8 Å². The van der Waals surface area contributed by atoms with Crippen molar-refractivity contribution in [3.05, 3.63) is 29.6 Å². The van der Waals surface area contributed by atoms with Crippen molar-refractivity contribution < 1.29 is 0 Å². The number of amidine groups is 1. The molecule has 4 heteroatoms. The summed E-state index contributed by atoms with van der Waals surface area (Å²) < 4.78 is 0. The number of aliphatic imine (C=N–C) groups is 1. The zero-order valence-corrected chi connectivity index (χ0v) is 11.4. The molecular formula is C13H19N3S. The Hall–Kier alpha value is -1.03. The minimum Gasteiger partial charge on any atom is -0.359 e. The molecule has 1 N–H and O–H groups in total. The van der Waals surface area contributed by atoms with Gasteiger partial charge in [-0.1, -0.05) is 31.7 Å². The van der Waals surface area contributed by atoms with E-state index in [1.807, 2.05) is 36.9 Å². The number of aromatic nitrogens is 1. The molecule has 0 aromatic carbocycles. The molecule has 92 valence electrons. The number of nitrogens with zero attached hydrogens (tertiary/aromatic N) is 2. The number of hydrogen-bond acceptors (Lipinski definition) is 4. The highest BCUT2D eigenvalue weighted by Crippen LogP contribution is 2.25. The number of nitrogens with one attached hydrogen (secondary N) is 1. The van der Waals surface area contributed by atoms with Gasteiger partial charge in [0.15, 0.2) is 5.17 Å². The average Bonchev–Trinajstić information content (AvgIpc) is 2.75. The van der Waals surface area contributed by atoms with Crippen LogP contribution in [0.15, 0.2) is 23.2 Å². The lowest BCUT2D eigenvalue weighted by Gasteiger charge is -2.12. The number of hydrogen-bond donors (Lipinski definition) is 1. The predicted octanol–water partition coefficient (Wildman–Crippen LogP) is 2.61. The number of thioether (sulfide) groups is 1. The average molecular weight is 249 g/mol. The third-order valence-corrected chi connectivity index (χ3v) is 4.28. The summed E-state index contributed by atoms with van der Waals surface area (Å²) in [5, 5.41) is 5.05. The van der Waals surface area contributed by atoms with Crippen molar-refractivity contribution in [3.8, 4) is 0 Å². The normalized spacial score (nSPS) is 19.5. The second-order valence-corrected chi connectivity index (χ2v) is 5.90. The summed E-state index contributed by atoms with van der Waals surface area (Å²) in [6.45, 7) is 8.21. The highest BCUT2D eigenvalue weighted by atomic mass is 32.2. The Labute approximate surface area is 107 Å². The largest absolute Gasteiger partial charge is 0.359 e. The lowest BCUT2D eigenvalue weighted by Crippen LogP contribution is -2.20. The second-order valence-electron chi connectivity index (χ2n) is 4.67. The van der Waals surface area contributed by atoms with E-state index in [1.165, 1.54) is 0 Å². The fourth-order valence-corrected chi connectivity index (χ4v) is 2.71. The Morgan fingerprint density at radius 1 is 1.47 bits per heavy atom. The molecule has 0 spiro atoms. The summed E-state index contributed by atoms with van der Waals surface area (Å²) in [7, 11) is 0. The van der Waals surface area contributed by atoms with E-state index in [0.717, 1.165) is 29.6 Å². The lowest BCUT2D eigenvalue weighted by atomic mass is 10.1. The quantitative estimate of drug-likeness (QED) is 0.894. The van der Waals surface area contributed by atoms with Gasteiger partial charge in [-0.05, 0) is 25.0 Å². The molecule has 1 aliphatic heterocycles. The fraction of sp³-hybridized carbons (Fsp3) is 0.538. The van der Waals surface area contributed by atoms with Crippen LogP contribution in [-0.2, 0) is 6.54 Å². The van der Waals surface area contributed by atoms with Crippen LogP contribution in [0.2, 0.25) is 0 Å². The van der Waals surface area contributed by atoms with E-state index in [-0.39, 0.29) is 0 Å². The van der Waals surface area contributed by atoms with E-state index in [0.29, 0.717) is 11.2 Å². The lowest BCUT2D eigenvalue weighted by molar-refractivity contribution is 0.621. The fourth-order valence-electron chi connectivity index (χ4n) is 1.70. The Morgan fingerprint density at radius 2 is 2.29 bits per heavy atom. The predicted molar refractivity (Wildman–Crippen MR) is 74.3 cm³/mol. The number of rotatable bonds is 3. The SMILES string of the molecule is Cc1cccc(CNC2=NCC(C(C)C)S2)n1. The molecule has 0 saturated carbocycles. The van der Waals surface area contributed by atoms with Gasteiger partial charge in [-0.2, -0.15) is 0 Å². The van der Waals surface area contributed by atoms with Crippen molar-refractivity contribution in [2.75, 3.05) is 6.54 Å². The summed E-state index contributed by atoms with van der Waals surface area (Å²) in [5.74, 6) is 0.681. The van der Waals surface area contributed by atoms with Gasteiger partial charge in [0, 0.05) is 10.9 Å². The van der Waals surface area contributed by atoms with Crippen LogP contribution in [0.1, 0.15) is 25.2 Å². The molecule has 2 heterocycles. The molecule has 17 heavy (non-hydrogen) atoms. The van der Waals surface area contributed by atoms with Gasteiger partial charge in [0.2, 0.25) is 0 Å². The summed E-state index contributed by atoms with van der Waals surface area (Å²) in [6, 6.07) is 6.10. The van der Waals surface area contributed by atoms with Crippen LogP contribution in [0, 0.1) is 12.8 Å². The standard InChI is InChI=1S/C13H19N3S/c1-9(2)12-8-15-13(17-12)14-7-11-6-4-5-10(3)16-11/h4-6,9,12H,7-8H2,1-3H3,(H,14,15). The van der Waals surface area contributed by atoms with Crippen LogP contribution in [-0.4, -0.2) is 21.9 Å². The molecular weight excluding hydrogens is 230 g/mol. The summed E-state index contributed by atoms with van der Waals surface area (Å²) >= 11 is 1.85. The highest BCUT2D eigenvalue weighted by molar-refractivity contribution is 8.14. The highest BCUT2D eigenvalue weighted by Gasteiger charge is 2.22. The number of pyridine rings is 1. The maximum absolute atomic E-state index is 4.52. The van der Waals surface area contributed by atoms with Gasteiger partial charge in [0.05, 0.1) is 18.8 Å². The molecule has 0 bridgehead atoms. The minimum absolute atomic E-state index is 0.628. The molecule has 0 aliphatic carbocycles. The first kappa shape index (κ1) is 12.4. The number of aryl methyl sites for hydroxylation is 1. The van der Waals surface area contributed by atoms with Gasteiger partial charge < -0.3 is 5.32 Å². The van der Waals surface area contributed by atoms with E-state index in [9.17, 15) is 0 Å². The Morgan fingerprint density at radius 3 is 2.94 bits per heavy atom. The minimum atomic E-state index is 0.628. The van der Waals surface area contributed by atoms with Gasteiger partial charge in [-0.15, -0.1) is 0 Å². The monoisotopic (exact) mass is 249 g/mol. The molecule has 1 aromatic heterocycles. The van der Waals surface area contributed by atoms with Crippen molar-refractivity contribution in [2.45, 2.75) is 32.6 Å². The van der Waals surface area contributed by atoms with Gasteiger partial charge in [-0.25, -0.2) is 0 Å². The molecule has 0 saturated heterocycles. The van der Waals surface area contributed by atoms with Gasteiger partial charge in [0.1, 0.15) is 0 Å². The molecule has 1 atom stereocenters.